The van der Waals surface area contributed by atoms with Crippen LogP contribution in [0.3, 0.4) is 0 Å². The molecule has 6 nitrogen and oxygen atoms in total. The summed E-state index contributed by atoms with van der Waals surface area (Å²) in [5.41, 5.74) is 0. The van der Waals surface area contributed by atoms with E-state index in [1.54, 1.807) is 18.5 Å². The molecular weight excluding hydrogens is 156 g/mol. The van der Waals surface area contributed by atoms with E-state index in [1.165, 1.54) is 6.20 Å². The molecule has 12 heavy (non-hydrogen) atoms. The molecular formula is C6H6N6. The Bertz CT molecular complexity index is 328. The lowest BCUT2D eigenvalue weighted by Crippen LogP contribution is -1.97. The molecule has 0 saturated carbocycles. The highest BCUT2D eigenvalue weighted by Crippen LogP contribution is 2.04. The van der Waals surface area contributed by atoms with E-state index < -0.39 is 0 Å². The minimum atomic E-state index is 0.446. The van der Waals surface area contributed by atoms with Crippen molar-refractivity contribution in [2.75, 3.05) is 5.32 Å². The molecule has 0 fully saturated rings. The van der Waals surface area contributed by atoms with Crippen LogP contribution in [0.4, 0.5) is 11.8 Å². The Morgan fingerprint density at radius 2 is 2.25 bits per heavy atom. The van der Waals surface area contributed by atoms with E-state index in [0.717, 1.165) is 5.82 Å². The largest absolute Gasteiger partial charge is 0.308 e. The average molecular weight is 162 g/mol. The highest BCUT2D eigenvalue weighted by Gasteiger charge is 1.95. The smallest absolute Gasteiger partial charge is 0.248 e. The van der Waals surface area contributed by atoms with Crippen LogP contribution in [0.5, 0.6) is 0 Å². The summed E-state index contributed by atoms with van der Waals surface area (Å²) in [5, 5.41) is 16.7. The van der Waals surface area contributed by atoms with Crippen LogP contribution in [0.2, 0.25) is 0 Å². The normalized spacial score (nSPS) is 9.67. The Morgan fingerprint density at radius 3 is 2.92 bits per heavy atom. The average Bonchev–Trinajstić information content (AvgIpc) is 2.59. The van der Waals surface area contributed by atoms with E-state index in [1.807, 2.05) is 0 Å². The van der Waals surface area contributed by atoms with Gasteiger partial charge in [0.1, 0.15) is 5.82 Å². The molecule has 0 aliphatic rings. The van der Waals surface area contributed by atoms with Crippen LogP contribution in [0.25, 0.3) is 0 Å². The second-order valence-corrected chi connectivity index (χ2v) is 2.06. The standard InChI is InChI=1S/C6H6N6/c1-2-8-11-5(1)10-6-7-3-4-9-12-6/h1-4H,(H2,7,8,10,11,12). The molecule has 2 heterocycles. The van der Waals surface area contributed by atoms with Crippen molar-refractivity contribution in [1.29, 1.82) is 0 Å². The minimum absolute atomic E-state index is 0.446. The molecule has 0 unspecified atom stereocenters. The van der Waals surface area contributed by atoms with Gasteiger partial charge in [-0.3, -0.25) is 5.10 Å². The van der Waals surface area contributed by atoms with Crippen LogP contribution in [0.1, 0.15) is 0 Å². The van der Waals surface area contributed by atoms with Crippen LogP contribution in [0, 0.1) is 0 Å². The summed E-state index contributed by atoms with van der Waals surface area (Å²) < 4.78 is 0. The van der Waals surface area contributed by atoms with Gasteiger partial charge in [0.15, 0.2) is 0 Å². The van der Waals surface area contributed by atoms with Crippen molar-refractivity contribution >= 4 is 11.8 Å². The van der Waals surface area contributed by atoms with Crippen LogP contribution in [0.15, 0.2) is 24.7 Å². The van der Waals surface area contributed by atoms with Gasteiger partial charge in [0.25, 0.3) is 0 Å². The van der Waals surface area contributed by atoms with Crippen molar-refractivity contribution in [2.45, 2.75) is 0 Å². The highest BCUT2D eigenvalue weighted by atomic mass is 15.3. The summed E-state index contributed by atoms with van der Waals surface area (Å²) in [4.78, 5) is 3.92. The number of nitrogens with zero attached hydrogens (tertiary/aromatic N) is 4. The van der Waals surface area contributed by atoms with Gasteiger partial charge in [-0.15, -0.1) is 5.10 Å². The fourth-order valence-corrected chi connectivity index (χ4v) is 0.751. The summed E-state index contributed by atoms with van der Waals surface area (Å²) in [5.74, 6) is 1.18. The maximum absolute atomic E-state index is 3.92. The summed E-state index contributed by atoms with van der Waals surface area (Å²) >= 11 is 0. The molecule has 6 heteroatoms. The molecule has 0 amide bonds. The lowest BCUT2D eigenvalue weighted by Gasteiger charge is -1.97. The number of hydrogen-bond donors (Lipinski definition) is 2. The molecule has 0 radical (unpaired) electrons. The van der Waals surface area contributed by atoms with E-state index in [2.05, 4.69) is 30.7 Å². The van der Waals surface area contributed by atoms with Gasteiger partial charge in [-0.25, -0.2) is 4.98 Å². The van der Waals surface area contributed by atoms with E-state index in [4.69, 9.17) is 0 Å². The summed E-state index contributed by atoms with van der Waals surface area (Å²) in [6.07, 6.45) is 4.71. The van der Waals surface area contributed by atoms with Crippen molar-refractivity contribution in [3.05, 3.63) is 24.7 Å². The summed E-state index contributed by atoms with van der Waals surface area (Å²) in [6.45, 7) is 0. The maximum Gasteiger partial charge on any atom is 0.248 e. The number of anilines is 2. The van der Waals surface area contributed by atoms with Crippen molar-refractivity contribution in [3.8, 4) is 0 Å². The third-order valence-corrected chi connectivity index (χ3v) is 1.23. The van der Waals surface area contributed by atoms with Crippen LogP contribution in [-0.4, -0.2) is 25.4 Å². The molecule has 0 saturated heterocycles. The zero-order chi connectivity index (χ0) is 8.23. The predicted octanol–water partition coefficient (Wildman–Crippen LogP) is 0.338. The first-order valence-corrected chi connectivity index (χ1v) is 3.35. The zero-order valence-corrected chi connectivity index (χ0v) is 6.10. The van der Waals surface area contributed by atoms with E-state index >= 15 is 0 Å². The van der Waals surface area contributed by atoms with Crippen LogP contribution < -0.4 is 5.32 Å². The Labute approximate surface area is 68.1 Å². The minimum Gasteiger partial charge on any atom is -0.308 e. The maximum atomic E-state index is 3.92. The van der Waals surface area contributed by atoms with Gasteiger partial charge >= 0.3 is 0 Å². The van der Waals surface area contributed by atoms with Gasteiger partial charge in [0.2, 0.25) is 5.95 Å². The third kappa shape index (κ3) is 1.36. The number of nitrogens with one attached hydrogen (secondary N) is 2. The number of H-pyrrole nitrogens is 1. The molecule has 0 spiro atoms. The fourth-order valence-electron chi connectivity index (χ4n) is 0.751. The zero-order valence-electron chi connectivity index (χ0n) is 6.10. The highest BCUT2D eigenvalue weighted by molar-refractivity contribution is 5.44. The Balaban J connectivity index is 2.15. The second-order valence-electron chi connectivity index (χ2n) is 2.06. The second kappa shape index (κ2) is 2.95. The first kappa shape index (κ1) is 6.71. The predicted molar refractivity (Wildman–Crippen MR) is 41.7 cm³/mol. The van der Waals surface area contributed by atoms with Crippen molar-refractivity contribution in [1.82, 2.24) is 25.4 Å². The van der Waals surface area contributed by atoms with E-state index in [0.29, 0.717) is 5.95 Å². The molecule has 0 atom stereocenters. The van der Waals surface area contributed by atoms with Crippen molar-refractivity contribution < 1.29 is 0 Å². The van der Waals surface area contributed by atoms with Gasteiger partial charge < -0.3 is 5.32 Å². The topological polar surface area (TPSA) is 79.4 Å². The number of aromatic amines is 1. The molecule has 0 aromatic carbocycles. The number of rotatable bonds is 2. The molecule has 2 rings (SSSR count). The van der Waals surface area contributed by atoms with Crippen molar-refractivity contribution in [2.24, 2.45) is 0 Å². The lowest BCUT2D eigenvalue weighted by molar-refractivity contribution is 0.972. The van der Waals surface area contributed by atoms with Crippen LogP contribution in [-0.2, 0) is 0 Å². The summed E-state index contributed by atoms with van der Waals surface area (Å²) in [7, 11) is 0. The molecule has 0 bridgehead atoms. The first-order valence-electron chi connectivity index (χ1n) is 3.35. The van der Waals surface area contributed by atoms with Gasteiger partial charge in [0.05, 0.1) is 18.6 Å². The molecule has 2 aromatic rings. The number of hydrogen-bond acceptors (Lipinski definition) is 5. The Hall–Kier alpha value is -1.98. The molecule has 2 aromatic heterocycles. The van der Waals surface area contributed by atoms with Gasteiger partial charge in [0, 0.05) is 6.07 Å². The Kier molecular flexibility index (Phi) is 1.65. The van der Waals surface area contributed by atoms with Crippen molar-refractivity contribution in [3.63, 3.8) is 0 Å². The third-order valence-electron chi connectivity index (χ3n) is 1.23. The fraction of sp³-hybridized carbons (Fsp3) is 0. The van der Waals surface area contributed by atoms with E-state index in [-0.39, 0.29) is 0 Å². The monoisotopic (exact) mass is 162 g/mol. The van der Waals surface area contributed by atoms with Gasteiger partial charge in [-0.2, -0.15) is 10.2 Å². The molecule has 0 aliphatic heterocycles. The SMILES string of the molecule is c1cnc(Nc2ccn[nH]2)nn1. The Morgan fingerprint density at radius 1 is 1.25 bits per heavy atom. The molecule has 2 N–H and O–H groups in total. The van der Waals surface area contributed by atoms with Crippen LogP contribution >= 0.6 is 0 Å². The lowest BCUT2D eigenvalue weighted by atomic mass is 10.6. The van der Waals surface area contributed by atoms with Gasteiger partial charge in [-0.05, 0) is 0 Å². The molecule has 0 aliphatic carbocycles. The van der Waals surface area contributed by atoms with Gasteiger partial charge in [-0.1, -0.05) is 0 Å². The van der Waals surface area contributed by atoms with E-state index in [9.17, 15) is 0 Å². The molecule has 60 valence electrons. The first-order chi connectivity index (χ1) is 5.95. The summed E-state index contributed by atoms with van der Waals surface area (Å²) in [6, 6.07) is 1.77. The number of aromatic nitrogens is 5. The quantitative estimate of drug-likeness (QED) is 0.665.